The molecule has 1 aromatic carbocycles. The molecule has 1 atom stereocenters. The van der Waals surface area contributed by atoms with Crippen LogP contribution in [0.5, 0.6) is 5.75 Å². The average molecular weight is 235 g/mol. The van der Waals surface area contributed by atoms with Crippen LogP contribution in [0.15, 0.2) is 24.3 Å². The third-order valence-electron chi connectivity index (χ3n) is 3.07. The maximum Gasteiger partial charge on any atom is 0.119 e. The first-order valence-electron chi connectivity index (χ1n) is 6.46. The number of rotatable bonds is 7. The summed E-state index contributed by atoms with van der Waals surface area (Å²) in [7, 11) is 4.24. The van der Waals surface area contributed by atoms with E-state index in [0.29, 0.717) is 5.92 Å². The van der Waals surface area contributed by atoms with Crippen molar-refractivity contribution in [3.8, 4) is 5.75 Å². The Balaban J connectivity index is 2.34. The molecule has 0 radical (unpaired) electrons. The molecular formula is C15H25NO. The Bertz CT molecular complexity index is 305. The highest BCUT2D eigenvalue weighted by Crippen LogP contribution is 2.15. The van der Waals surface area contributed by atoms with Crippen molar-refractivity contribution >= 4 is 0 Å². The number of ether oxygens (including phenoxy) is 1. The Kier molecular flexibility index (Phi) is 6.06. The molecule has 0 N–H and O–H groups in total. The number of aryl methyl sites for hydroxylation is 1. The molecule has 0 saturated carbocycles. The lowest BCUT2D eigenvalue weighted by atomic mass is 10.0. The molecule has 0 aliphatic heterocycles. The molecule has 0 fully saturated rings. The highest BCUT2D eigenvalue weighted by molar-refractivity contribution is 5.26. The van der Waals surface area contributed by atoms with E-state index in [1.807, 2.05) is 12.1 Å². The summed E-state index contributed by atoms with van der Waals surface area (Å²) in [5.74, 6) is 1.64. The first-order chi connectivity index (χ1) is 8.11. The van der Waals surface area contributed by atoms with Crippen molar-refractivity contribution in [2.75, 3.05) is 27.2 Å². The summed E-state index contributed by atoms with van der Waals surface area (Å²) in [5.41, 5.74) is 1.27. The van der Waals surface area contributed by atoms with Crippen molar-refractivity contribution in [2.45, 2.75) is 26.7 Å². The minimum absolute atomic E-state index is 0.652. The van der Waals surface area contributed by atoms with Crippen LogP contribution in [0.2, 0.25) is 0 Å². The van der Waals surface area contributed by atoms with E-state index in [9.17, 15) is 0 Å². The van der Waals surface area contributed by atoms with Crippen molar-refractivity contribution in [2.24, 2.45) is 5.92 Å². The molecule has 2 heteroatoms. The van der Waals surface area contributed by atoms with Crippen LogP contribution in [0.25, 0.3) is 0 Å². The minimum atomic E-state index is 0.652. The summed E-state index contributed by atoms with van der Waals surface area (Å²) < 4.78 is 5.83. The molecule has 0 aliphatic rings. The Morgan fingerprint density at radius 2 is 1.82 bits per heavy atom. The van der Waals surface area contributed by atoms with E-state index in [1.165, 1.54) is 18.4 Å². The van der Waals surface area contributed by atoms with Crippen LogP contribution in [-0.4, -0.2) is 32.1 Å². The number of hydrogen-bond donors (Lipinski definition) is 0. The monoisotopic (exact) mass is 235 g/mol. The van der Waals surface area contributed by atoms with Gasteiger partial charge in [0.2, 0.25) is 0 Å². The largest absolute Gasteiger partial charge is 0.493 e. The van der Waals surface area contributed by atoms with Gasteiger partial charge in [-0.3, -0.25) is 0 Å². The molecule has 1 unspecified atom stereocenters. The summed E-state index contributed by atoms with van der Waals surface area (Å²) >= 11 is 0. The van der Waals surface area contributed by atoms with E-state index in [0.717, 1.165) is 18.9 Å². The molecule has 0 aliphatic carbocycles. The van der Waals surface area contributed by atoms with Gasteiger partial charge in [-0.25, -0.2) is 0 Å². The van der Waals surface area contributed by atoms with Crippen molar-refractivity contribution in [3.63, 3.8) is 0 Å². The summed E-state index contributed by atoms with van der Waals surface area (Å²) in [6.07, 6.45) is 2.38. The molecule has 17 heavy (non-hydrogen) atoms. The first kappa shape index (κ1) is 14.0. The van der Waals surface area contributed by atoms with E-state index in [-0.39, 0.29) is 0 Å². The maximum absolute atomic E-state index is 5.83. The van der Waals surface area contributed by atoms with Gasteiger partial charge in [-0.1, -0.05) is 31.0 Å². The fourth-order valence-electron chi connectivity index (χ4n) is 1.69. The second kappa shape index (κ2) is 7.33. The molecule has 2 nitrogen and oxygen atoms in total. The topological polar surface area (TPSA) is 12.5 Å². The molecule has 0 bridgehead atoms. The van der Waals surface area contributed by atoms with Crippen molar-refractivity contribution < 1.29 is 4.74 Å². The highest BCUT2D eigenvalue weighted by Gasteiger charge is 2.07. The third kappa shape index (κ3) is 5.73. The molecule has 0 aromatic heterocycles. The normalized spacial score (nSPS) is 12.8. The second-order valence-corrected chi connectivity index (χ2v) is 4.99. The lowest BCUT2D eigenvalue weighted by Crippen LogP contribution is -2.20. The van der Waals surface area contributed by atoms with Crippen LogP contribution >= 0.6 is 0 Å². The van der Waals surface area contributed by atoms with Gasteiger partial charge in [-0.2, -0.15) is 0 Å². The van der Waals surface area contributed by atoms with Crippen LogP contribution in [-0.2, 0) is 0 Å². The van der Waals surface area contributed by atoms with E-state index in [1.54, 1.807) is 0 Å². The molecule has 1 rings (SSSR count). The van der Waals surface area contributed by atoms with E-state index in [4.69, 9.17) is 4.74 Å². The average Bonchev–Trinajstić information content (AvgIpc) is 2.31. The number of benzene rings is 1. The fourth-order valence-corrected chi connectivity index (χ4v) is 1.69. The van der Waals surface area contributed by atoms with Gasteiger partial charge in [0.05, 0.1) is 6.61 Å². The molecule has 96 valence electrons. The number of hydrogen-bond acceptors (Lipinski definition) is 2. The zero-order valence-electron chi connectivity index (χ0n) is 11.6. The smallest absolute Gasteiger partial charge is 0.119 e. The van der Waals surface area contributed by atoms with Crippen LogP contribution in [0.4, 0.5) is 0 Å². The Morgan fingerprint density at radius 1 is 1.18 bits per heavy atom. The van der Waals surface area contributed by atoms with Gasteiger partial charge in [-0.15, -0.1) is 0 Å². The summed E-state index contributed by atoms with van der Waals surface area (Å²) in [6.45, 7) is 6.29. The summed E-state index contributed by atoms with van der Waals surface area (Å²) in [5, 5.41) is 0. The molecule has 1 aromatic rings. The third-order valence-corrected chi connectivity index (χ3v) is 3.07. The van der Waals surface area contributed by atoms with Gasteiger partial charge in [0.15, 0.2) is 0 Å². The zero-order valence-corrected chi connectivity index (χ0v) is 11.6. The SMILES string of the molecule is CCC(CCN(C)C)COc1ccc(C)cc1. The van der Waals surface area contributed by atoms with E-state index in [2.05, 4.69) is 45.0 Å². The fraction of sp³-hybridized carbons (Fsp3) is 0.600. The molecule has 0 spiro atoms. The van der Waals surface area contributed by atoms with Crippen LogP contribution in [0, 0.1) is 12.8 Å². The molecular weight excluding hydrogens is 210 g/mol. The van der Waals surface area contributed by atoms with Gasteiger partial charge in [0.25, 0.3) is 0 Å². The quantitative estimate of drug-likeness (QED) is 0.718. The van der Waals surface area contributed by atoms with Gasteiger partial charge in [0.1, 0.15) is 5.75 Å². The summed E-state index contributed by atoms with van der Waals surface area (Å²) in [4.78, 5) is 2.23. The zero-order chi connectivity index (χ0) is 12.7. The van der Waals surface area contributed by atoms with Crippen LogP contribution in [0.1, 0.15) is 25.3 Å². The maximum atomic E-state index is 5.83. The number of nitrogens with zero attached hydrogens (tertiary/aromatic N) is 1. The van der Waals surface area contributed by atoms with Crippen LogP contribution < -0.4 is 4.74 Å². The molecule has 0 amide bonds. The van der Waals surface area contributed by atoms with E-state index < -0.39 is 0 Å². The second-order valence-electron chi connectivity index (χ2n) is 4.99. The van der Waals surface area contributed by atoms with Crippen molar-refractivity contribution in [1.82, 2.24) is 4.90 Å². The van der Waals surface area contributed by atoms with Gasteiger partial charge in [0, 0.05) is 0 Å². The Hall–Kier alpha value is -1.02. The van der Waals surface area contributed by atoms with Gasteiger partial charge >= 0.3 is 0 Å². The first-order valence-corrected chi connectivity index (χ1v) is 6.46. The van der Waals surface area contributed by atoms with Crippen molar-refractivity contribution in [3.05, 3.63) is 29.8 Å². The Labute approximate surface area is 106 Å². The van der Waals surface area contributed by atoms with Crippen LogP contribution in [0.3, 0.4) is 0 Å². The van der Waals surface area contributed by atoms with Gasteiger partial charge in [-0.05, 0) is 52.0 Å². The Morgan fingerprint density at radius 3 is 2.35 bits per heavy atom. The predicted octanol–water partition coefficient (Wildman–Crippen LogP) is 3.35. The molecule has 0 saturated heterocycles. The predicted molar refractivity (Wildman–Crippen MR) is 73.6 cm³/mol. The lowest BCUT2D eigenvalue weighted by Gasteiger charge is -2.18. The van der Waals surface area contributed by atoms with E-state index >= 15 is 0 Å². The highest BCUT2D eigenvalue weighted by atomic mass is 16.5. The minimum Gasteiger partial charge on any atom is -0.493 e. The standard InChI is InChI=1S/C15H25NO/c1-5-14(10-11-16(3)4)12-17-15-8-6-13(2)7-9-15/h6-9,14H,5,10-12H2,1-4H3. The summed E-state index contributed by atoms with van der Waals surface area (Å²) in [6, 6.07) is 8.29. The molecule has 0 heterocycles. The lowest BCUT2D eigenvalue weighted by molar-refractivity contribution is 0.221. The van der Waals surface area contributed by atoms with Crippen molar-refractivity contribution in [1.29, 1.82) is 0 Å². The van der Waals surface area contributed by atoms with Gasteiger partial charge < -0.3 is 9.64 Å².